The van der Waals surface area contributed by atoms with Crippen molar-refractivity contribution in [2.45, 2.75) is 38.6 Å². The first kappa shape index (κ1) is 14.1. The predicted molar refractivity (Wildman–Crippen MR) is 84.4 cm³/mol. The van der Waals surface area contributed by atoms with Gasteiger partial charge in [-0.25, -0.2) is 9.50 Å². The molecule has 1 N–H and O–H groups in total. The summed E-state index contributed by atoms with van der Waals surface area (Å²) >= 11 is 0. The zero-order valence-corrected chi connectivity index (χ0v) is 12.5. The molecule has 0 amide bonds. The maximum atomic E-state index is 5.38. The van der Waals surface area contributed by atoms with E-state index in [0.717, 1.165) is 56.1 Å². The molecule has 1 fully saturated rings. The molecule has 0 radical (unpaired) electrons. The molecule has 0 saturated carbocycles. The van der Waals surface area contributed by atoms with E-state index >= 15 is 0 Å². The van der Waals surface area contributed by atoms with Crippen LogP contribution in [0.25, 0.3) is 11.7 Å². The van der Waals surface area contributed by atoms with Gasteiger partial charge >= 0.3 is 0 Å². The first-order valence-electron chi connectivity index (χ1n) is 7.72. The molecular weight excluding hydrogens is 264 g/mol. The molecule has 1 saturated heterocycles. The fourth-order valence-electron chi connectivity index (χ4n) is 2.50. The third kappa shape index (κ3) is 3.42. The molecule has 21 heavy (non-hydrogen) atoms. The van der Waals surface area contributed by atoms with Crippen LogP contribution in [0.3, 0.4) is 0 Å². The lowest BCUT2D eigenvalue weighted by Gasteiger charge is -2.23. The fourth-order valence-corrected chi connectivity index (χ4v) is 2.50. The lowest BCUT2D eigenvalue weighted by atomic mass is 10.1. The number of ether oxygens (including phenoxy) is 1. The molecule has 1 aliphatic heterocycles. The molecular formula is C16H22N4O. The summed E-state index contributed by atoms with van der Waals surface area (Å²) < 4.78 is 7.28. The Bertz CT molecular complexity index is 614. The minimum Gasteiger partial charge on any atom is -0.381 e. The van der Waals surface area contributed by atoms with Crippen LogP contribution in [0.1, 0.15) is 38.3 Å². The summed E-state index contributed by atoms with van der Waals surface area (Å²) in [6.45, 7) is 3.83. The molecule has 3 heterocycles. The van der Waals surface area contributed by atoms with Crippen LogP contribution in [0.15, 0.2) is 24.4 Å². The largest absolute Gasteiger partial charge is 0.381 e. The quantitative estimate of drug-likeness (QED) is 0.917. The van der Waals surface area contributed by atoms with Crippen LogP contribution in [0.4, 0.5) is 5.82 Å². The van der Waals surface area contributed by atoms with E-state index in [-0.39, 0.29) is 0 Å². The smallest absolute Gasteiger partial charge is 0.154 e. The van der Waals surface area contributed by atoms with Crippen molar-refractivity contribution < 1.29 is 4.74 Å². The zero-order valence-electron chi connectivity index (χ0n) is 12.5. The normalized spacial score (nSPS) is 16.8. The Labute approximate surface area is 125 Å². The lowest BCUT2D eigenvalue weighted by Crippen LogP contribution is -2.28. The van der Waals surface area contributed by atoms with E-state index in [9.17, 15) is 0 Å². The number of hydrogen-bond acceptors (Lipinski definition) is 4. The van der Waals surface area contributed by atoms with Crippen molar-refractivity contribution in [1.82, 2.24) is 14.6 Å². The average Bonchev–Trinajstić information content (AvgIpc) is 2.91. The van der Waals surface area contributed by atoms with E-state index in [1.807, 2.05) is 22.8 Å². The van der Waals surface area contributed by atoms with Gasteiger partial charge in [-0.05, 0) is 37.5 Å². The van der Waals surface area contributed by atoms with Gasteiger partial charge in [-0.1, -0.05) is 19.4 Å². The monoisotopic (exact) mass is 286 g/mol. The van der Waals surface area contributed by atoms with Gasteiger partial charge in [0, 0.05) is 19.3 Å². The number of rotatable bonds is 5. The molecule has 0 unspecified atom stereocenters. The summed E-state index contributed by atoms with van der Waals surface area (Å²) in [6.07, 6.45) is 10.4. The van der Waals surface area contributed by atoms with E-state index in [0.29, 0.717) is 6.04 Å². The van der Waals surface area contributed by atoms with Crippen molar-refractivity contribution in [3.05, 3.63) is 30.1 Å². The number of nitrogens with zero attached hydrogens (tertiary/aromatic N) is 3. The molecule has 5 heteroatoms. The van der Waals surface area contributed by atoms with Gasteiger partial charge in [0.15, 0.2) is 5.65 Å². The number of fused-ring (bicyclic) bond motifs is 1. The topological polar surface area (TPSA) is 51.5 Å². The van der Waals surface area contributed by atoms with Gasteiger partial charge in [0.25, 0.3) is 0 Å². The molecule has 112 valence electrons. The molecule has 0 spiro atoms. The molecule has 0 atom stereocenters. The van der Waals surface area contributed by atoms with Crippen molar-refractivity contribution >= 4 is 17.5 Å². The molecule has 0 bridgehead atoms. The van der Waals surface area contributed by atoms with Gasteiger partial charge in [0.1, 0.15) is 5.82 Å². The van der Waals surface area contributed by atoms with Gasteiger partial charge in [-0.15, -0.1) is 5.10 Å². The average molecular weight is 286 g/mol. The highest BCUT2D eigenvalue weighted by atomic mass is 16.5. The minimum absolute atomic E-state index is 0.450. The van der Waals surface area contributed by atoms with Gasteiger partial charge in [-0.3, -0.25) is 0 Å². The summed E-state index contributed by atoms with van der Waals surface area (Å²) in [4.78, 5) is 4.39. The first-order chi connectivity index (χ1) is 10.4. The second-order valence-corrected chi connectivity index (χ2v) is 5.39. The van der Waals surface area contributed by atoms with E-state index in [1.54, 1.807) is 0 Å². The third-order valence-electron chi connectivity index (χ3n) is 3.71. The van der Waals surface area contributed by atoms with Crippen LogP contribution in [-0.2, 0) is 4.74 Å². The Morgan fingerprint density at radius 3 is 3.05 bits per heavy atom. The third-order valence-corrected chi connectivity index (χ3v) is 3.71. The molecule has 5 nitrogen and oxygen atoms in total. The van der Waals surface area contributed by atoms with Gasteiger partial charge in [0.05, 0.1) is 11.9 Å². The van der Waals surface area contributed by atoms with Crippen LogP contribution in [-0.4, -0.2) is 33.9 Å². The number of nitrogens with one attached hydrogen (secondary N) is 1. The second-order valence-electron chi connectivity index (χ2n) is 5.39. The second kappa shape index (κ2) is 6.72. The highest BCUT2D eigenvalue weighted by Crippen LogP contribution is 2.15. The maximum absolute atomic E-state index is 5.38. The van der Waals surface area contributed by atoms with Crippen LogP contribution in [0, 0.1) is 0 Å². The van der Waals surface area contributed by atoms with Crippen LogP contribution >= 0.6 is 0 Å². The first-order valence-corrected chi connectivity index (χ1v) is 7.72. The SMILES string of the molecule is CCCC=Cc1cnc2ccc(NC3CCOCC3)nn12. The highest BCUT2D eigenvalue weighted by molar-refractivity contribution is 5.53. The van der Waals surface area contributed by atoms with Gasteiger partial charge < -0.3 is 10.1 Å². The van der Waals surface area contributed by atoms with Gasteiger partial charge in [0.2, 0.25) is 0 Å². The van der Waals surface area contributed by atoms with Crippen molar-refractivity contribution in [3.63, 3.8) is 0 Å². The Kier molecular flexibility index (Phi) is 4.50. The number of imidazole rings is 1. The molecule has 3 rings (SSSR count). The van der Waals surface area contributed by atoms with Crippen molar-refractivity contribution in [1.29, 1.82) is 0 Å². The standard InChI is InChI=1S/C16H22N4O/c1-2-3-4-5-14-12-17-16-7-6-15(19-20(14)16)18-13-8-10-21-11-9-13/h4-7,12-13H,2-3,8-11H2,1H3,(H,18,19). The summed E-state index contributed by atoms with van der Waals surface area (Å²) in [5, 5.41) is 8.15. The van der Waals surface area contributed by atoms with Crippen LogP contribution < -0.4 is 5.32 Å². The minimum atomic E-state index is 0.450. The van der Waals surface area contributed by atoms with Crippen molar-refractivity contribution in [3.8, 4) is 0 Å². The molecule has 0 aromatic carbocycles. The summed E-state index contributed by atoms with van der Waals surface area (Å²) in [5.41, 5.74) is 1.90. The van der Waals surface area contributed by atoms with Crippen LogP contribution in [0.5, 0.6) is 0 Å². The zero-order chi connectivity index (χ0) is 14.5. The number of aromatic nitrogens is 3. The highest BCUT2D eigenvalue weighted by Gasteiger charge is 2.14. The molecule has 1 aliphatic rings. The van der Waals surface area contributed by atoms with Crippen molar-refractivity contribution in [2.75, 3.05) is 18.5 Å². The Morgan fingerprint density at radius 2 is 2.24 bits per heavy atom. The number of hydrogen-bond donors (Lipinski definition) is 1. The summed E-state index contributed by atoms with van der Waals surface area (Å²) in [6, 6.07) is 4.45. The predicted octanol–water partition coefficient (Wildman–Crippen LogP) is 3.13. The number of unbranched alkanes of at least 4 members (excludes halogenated alkanes) is 1. The number of allylic oxidation sites excluding steroid dienone is 1. The molecule has 2 aromatic heterocycles. The Balaban J connectivity index is 1.79. The lowest BCUT2D eigenvalue weighted by molar-refractivity contribution is 0.0903. The van der Waals surface area contributed by atoms with Crippen molar-refractivity contribution in [2.24, 2.45) is 0 Å². The Hall–Kier alpha value is -1.88. The number of anilines is 1. The fraction of sp³-hybridized carbons (Fsp3) is 0.500. The molecule has 0 aliphatic carbocycles. The molecule has 2 aromatic rings. The van der Waals surface area contributed by atoms with E-state index in [4.69, 9.17) is 4.74 Å². The van der Waals surface area contributed by atoms with E-state index < -0.39 is 0 Å². The summed E-state index contributed by atoms with van der Waals surface area (Å²) in [5.74, 6) is 0.901. The van der Waals surface area contributed by atoms with Crippen LogP contribution in [0.2, 0.25) is 0 Å². The maximum Gasteiger partial charge on any atom is 0.154 e. The summed E-state index contributed by atoms with van der Waals surface area (Å²) in [7, 11) is 0. The Morgan fingerprint density at radius 1 is 1.38 bits per heavy atom. The van der Waals surface area contributed by atoms with E-state index in [1.165, 1.54) is 0 Å². The van der Waals surface area contributed by atoms with E-state index in [2.05, 4.69) is 34.5 Å². The van der Waals surface area contributed by atoms with Gasteiger partial charge in [-0.2, -0.15) is 0 Å².